The Kier molecular flexibility index (Phi) is 9.21. The summed E-state index contributed by atoms with van der Waals surface area (Å²) in [5, 5.41) is 6.73. The number of benzene rings is 2. The molecule has 28 heavy (non-hydrogen) atoms. The lowest BCUT2D eigenvalue weighted by Crippen LogP contribution is -2.39. The molecule has 2 aromatic rings. The second-order valence-corrected chi connectivity index (χ2v) is 6.94. The molecule has 2 aromatic carbocycles. The minimum Gasteiger partial charge on any atom is -0.356 e. The van der Waals surface area contributed by atoms with Crippen LogP contribution in [0.3, 0.4) is 0 Å². The van der Waals surface area contributed by atoms with Crippen LogP contribution in [0.5, 0.6) is 0 Å². The summed E-state index contributed by atoms with van der Waals surface area (Å²) >= 11 is 0. The second-order valence-electron chi connectivity index (χ2n) is 6.94. The fourth-order valence-corrected chi connectivity index (χ4v) is 3.41. The fraction of sp³-hybridized carbons (Fsp3) is 0.409. The van der Waals surface area contributed by atoms with Crippen molar-refractivity contribution < 1.29 is 8.78 Å². The predicted octanol–water partition coefficient (Wildman–Crippen LogP) is 5.02. The van der Waals surface area contributed by atoms with Gasteiger partial charge in [-0.1, -0.05) is 24.3 Å². The van der Waals surface area contributed by atoms with Crippen LogP contribution < -0.4 is 10.6 Å². The van der Waals surface area contributed by atoms with Crippen molar-refractivity contribution in [3.05, 3.63) is 71.3 Å². The largest absolute Gasteiger partial charge is 0.356 e. The SMILES string of the molecule is Cl.Fc1ccc(C(CCCN/C2=N/CCCCCN2)c2ccc(F)cc2)cc1. The van der Waals surface area contributed by atoms with E-state index in [-0.39, 0.29) is 30.0 Å². The zero-order valence-corrected chi connectivity index (χ0v) is 16.8. The Bertz CT molecular complexity index is 687. The molecule has 0 amide bonds. The second kappa shape index (κ2) is 11.6. The first-order valence-corrected chi connectivity index (χ1v) is 9.75. The molecule has 1 aliphatic rings. The molecule has 152 valence electrons. The van der Waals surface area contributed by atoms with Crippen LogP contribution in [0.15, 0.2) is 53.5 Å². The van der Waals surface area contributed by atoms with Crippen LogP contribution in [0.25, 0.3) is 0 Å². The van der Waals surface area contributed by atoms with Crippen molar-refractivity contribution in [2.75, 3.05) is 19.6 Å². The normalized spacial score (nSPS) is 16.2. The first kappa shape index (κ1) is 22.2. The number of halogens is 3. The third-order valence-corrected chi connectivity index (χ3v) is 4.90. The molecule has 0 aromatic heterocycles. The van der Waals surface area contributed by atoms with Crippen molar-refractivity contribution in [3.63, 3.8) is 0 Å². The summed E-state index contributed by atoms with van der Waals surface area (Å²) in [5.74, 6) is 0.508. The molecule has 0 aliphatic carbocycles. The van der Waals surface area contributed by atoms with Gasteiger partial charge in [0, 0.05) is 25.6 Å². The maximum Gasteiger partial charge on any atom is 0.191 e. The Morgan fingerprint density at radius 3 is 2.11 bits per heavy atom. The molecule has 0 radical (unpaired) electrons. The lowest BCUT2D eigenvalue weighted by atomic mass is 9.87. The summed E-state index contributed by atoms with van der Waals surface area (Å²) in [6.07, 6.45) is 5.36. The van der Waals surface area contributed by atoms with Crippen LogP contribution in [0.1, 0.15) is 49.1 Å². The Hall–Kier alpha value is -2.14. The number of aliphatic imine (C=N–C) groups is 1. The quantitative estimate of drug-likeness (QED) is 0.660. The zero-order chi connectivity index (χ0) is 18.9. The topological polar surface area (TPSA) is 36.4 Å². The van der Waals surface area contributed by atoms with Gasteiger partial charge in [-0.05, 0) is 67.5 Å². The van der Waals surface area contributed by atoms with Gasteiger partial charge in [-0.25, -0.2) is 8.78 Å². The molecular weight excluding hydrogens is 380 g/mol. The van der Waals surface area contributed by atoms with Gasteiger partial charge < -0.3 is 10.6 Å². The minimum atomic E-state index is -0.244. The minimum absolute atomic E-state index is 0. The number of rotatable bonds is 6. The molecule has 2 N–H and O–H groups in total. The molecule has 0 atom stereocenters. The zero-order valence-electron chi connectivity index (χ0n) is 16.0. The number of hydrogen-bond donors (Lipinski definition) is 2. The Morgan fingerprint density at radius 2 is 1.50 bits per heavy atom. The van der Waals surface area contributed by atoms with Crippen LogP contribution in [0.2, 0.25) is 0 Å². The molecule has 1 heterocycles. The van der Waals surface area contributed by atoms with E-state index in [0.717, 1.165) is 56.0 Å². The fourth-order valence-electron chi connectivity index (χ4n) is 3.41. The predicted molar refractivity (Wildman–Crippen MR) is 113 cm³/mol. The van der Waals surface area contributed by atoms with Gasteiger partial charge in [-0.2, -0.15) is 0 Å². The van der Waals surface area contributed by atoms with Gasteiger partial charge in [0.25, 0.3) is 0 Å². The molecule has 0 unspecified atom stereocenters. The average Bonchev–Trinajstić information content (AvgIpc) is 2.65. The van der Waals surface area contributed by atoms with Crippen molar-refractivity contribution in [2.24, 2.45) is 4.99 Å². The Balaban J connectivity index is 0.00000280. The molecule has 1 aliphatic heterocycles. The smallest absolute Gasteiger partial charge is 0.191 e. The maximum absolute atomic E-state index is 13.3. The van der Waals surface area contributed by atoms with Crippen molar-refractivity contribution in [1.82, 2.24) is 10.6 Å². The van der Waals surface area contributed by atoms with Crippen molar-refractivity contribution in [2.45, 2.75) is 38.0 Å². The van der Waals surface area contributed by atoms with Crippen molar-refractivity contribution >= 4 is 18.4 Å². The highest BCUT2D eigenvalue weighted by molar-refractivity contribution is 5.85. The van der Waals surface area contributed by atoms with E-state index in [1.54, 1.807) is 0 Å². The van der Waals surface area contributed by atoms with Gasteiger partial charge >= 0.3 is 0 Å². The van der Waals surface area contributed by atoms with Gasteiger partial charge in [0.1, 0.15) is 11.6 Å². The molecule has 6 heteroatoms. The van der Waals surface area contributed by atoms with Crippen molar-refractivity contribution in [3.8, 4) is 0 Å². The number of nitrogens with one attached hydrogen (secondary N) is 2. The summed E-state index contributed by atoms with van der Waals surface area (Å²) < 4.78 is 26.6. The van der Waals surface area contributed by atoms with Crippen LogP contribution in [0, 0.1) is 11.6 Å². The number of nitrogens with zero attached hydrogens (tertiary/aromatic N) is 1. The van der Waals surface area contributed by atoms with Crippen LogP contribution in [0.4, 0.5) is 8.78 Å². The third-order valence-electron chi connectivity index (χ3n) is 4.90. The molecule has 0 fully saturated rings. The van der Waals surface area contributed by atoms with E-state index >= 15 is 0 Å². The molecule has 3 rings (SSSR count). The number of guanidine groups is 1. The highest BCUT2D eigenvalue weighted by atomic mass is 35.5. The van der Waals surface area contributed by atoms with Crippen LogP contribution >= 0.6 is 12.4 Å². The van der Waals surface area contributed by atoms with E-state index in [1.165, 1.54) is 37.1 Å². The summed E-state index contributed by atoms with van der Waals surface area (Å²) in [7, 11) is 0. The number of hydrogen-bond acceptors (Lipinski definition) is 3. The van der Waals surface area contributed by atoms with Crippen molar-refractivity contribution in [1.29, 1.82) is 0 Å². The van der Waals surface area contributed by atoms with E-state index in [9.17, 15) is 8.78 Å². The summed E-state index contributed by atoms with van der Waals surface area (Å²) in [6.45, 7) is 2.63. The van der Waals surface area contributed by atoms with E-state index in [2.05, 4.69) is 15.6 Å². The van der Waals surface area contributed by atoms with E-state index in [4.69, 9.17) is 0 Å². The van der Waals surface area contributed by atoms with E-state index in [1.807, 2.05) is 24.3 Å². The summed E-state index contributed by atoms with van der Waals surface area (Å²) in [6, 6.07) is 13.2. The Morgan fingerprint density at radius 1 is 0.893 bits per heavy atom. The van der Waals surface area contributed by atoms with Crippen LogP contribution in [-0.2, 0) is 0 Å². The highest BCUT2D eigenvalue weighted by Gasteiger charge is 2.14. The molecule has 0 spiro atoms. The van der Waals surface area contributed by atoms with E-state index in [0.29, 0.717) is 0 Å². The average molecular weight is 408 g/mol. The first-order chi connectivity index (χ1) is 13.2. The van der Waals surface area contributed by atoms with Gasteiger partial charge in [-0.15, -0.1) is 12.4 Å². The maximum atomic E-state index is 13.3. The molecule has 0 bridgehead atoms. The van der Waals surface area contributed by atoms with Crippen LogP contribution in [-0.4, -0.2) is 25.6 Å². The standard InChI is InChI=1S/C22H27F2N3.ClH/c23-19-10-6-17(7-11-19)21(18-8-12-20(24)13-9-18)5-4-16-27-22-25-14-2-1-3-15-26-22;/h6-13,21H,1-5,14-16H2,(H2,25,26,27);1H. The third kappa shape index (κ3) is 6.79. The Labute approximate surface area is 172 Å². The molecule has 0 saturated carbocycles. The molecule has 0 saturated heterocycles. The molecular formula is C22H28ClF2N3. The first-order valence-electron chi connectivity index (χ1n) is 9.75. The van der Waals surface area contributed by atoms with E-state index < -0.39 is 0 Å². The highest BCUT2D eigenvalue weighted by Crippen LogP contribution is 2.29. The van der Waals surface area contributed by atoms with Gasteiger partial charge in [0.15, 0.2) is 5.96 Å². The van der Waals surface area contributed by atoms with Gasteiger partial charge in [0.05, 0.1) is 0 Å². The lowest BCUT2D eigenvalue weighted by molar-refractivity contribution is 0.608. The van der Waals surface area contributed by atoms with Gasteiger partial charge in [-0.3, -0.25) is 4.99 Å². The summed E-state index contributed by atoms with van der Waals surface area (Å²) in [4.78, 5) is 4.55. The summed E-state index contributed by atoms with van der Waals surface area (Å²) in [5.41, 5.74) is 2.09. The monoisotopic (exact) mass is 407 g/mol. The van der Waals surface area contributed by atoms with Gasteiger partial charge in [0.2, 0.25) is 0 Å². The lowest BCUT2D eigenvalue weighted by Gasteiger charge is -2.19. The molecule has 3 nitrogen and oxygen atoms in total.